The zero-order valence-corrected chi connectivity index (χ0v) is 8.78. The number of aromatic nitrogens is 2. The number of hydrogen-bond donors (Lipinski definition) is 1. The Morgan fingerprint density at radius 1 is 1.50 bits per heavy atom. The van der Waals surface area contributed by atoms with Gasteiger partial charge in [-0.15, -0.1) is 0 Å². The summed E-state index contributed by atoms with van der Waals surface area (Å²) in [4.78, 5) is 4.05. The molecule has 0 unspecified atom stereocenters. The molecular formula is C10H19N3O. The molecule has 0 aliphatic carbocycles. The van der Waals surface area contributed by atoms with Crippen molar-refractivity contribution in [3.05, 3.63) is 18.2 Å². The van der Waals surface area contributed by atoms with Crippen LogP contribution in [0.15, 0.2) is 12.5 Å². The summed E-state index contributed by atoms with van der Waals surface area (Å²) in [6.45, 7) is 5.28. The summed E-state index contributed by atoms with van der Waals surface area (Å²) in [6, 6.07) is 0. The van der Waals surface area contributed by atoms with E-state index in [0.29, 0.717) is 6.54 Å². The van der Waals surface area contributed by atoms with Crippen molar-refractivity contribution in [2.45, 2.75) is 32.9 Å². The lowest BCUT2D eigenvalue weighted by Crippen LogP contribution is -2.08. The van der Waals surface area contributed by atoms with Crippen molar-refractivity contribution in [1.29, 1.82) is 0 Å². The molecular weight excluding hydrogens is 178 g/mol. The minimum absolute atomic E-state index is 0.551. The Morgan fingerprint density at radius 2 is 2.36 bits per heavy atom. The van der Waals surface area contributed by atoms with Gasteiger partial charge in [-0.2, -0.15) is 0 Å². The number of nitrogens with two attached hydrogens (primary N) is 1. The number of imidazole rings is 1. The van der Waals surface area contributed by atoms with Crippen LogP contribution in [0.4, 0.5) is 0 Å². The Hall–Kier alpha value is -0.870. The highest BCUT2D eigenvalue weighted by atomic mass is 16.5. The lowest BCUT2D eigenvalue weighted by atomic mass is 10.4. The summed E-state index contributed by atoms with van der Waals surface area (Å²) in [5.41, 5.74) is 6.64. The van der Waals surface area contributed by atoms with Crippen molar-refractivity contribution >= 4 is 0 Å². The normalized spacial score (nSPS) is 10.7. The van der Waals surface area contributed by atoms with Crippen LogP contribution in [0.1, 0.15) is 25.5 Å². The molecule has 80 valence electrons. The fourth-order valence-corrected chi connectivity index (χ4v) is 1.30. The predicted molar refractivity (Wildman–Crippen MR) is 55.8 cm³/mol. The molecule has 0 atom stereocenters. The molecule has 0 aliphatic rings. The van der Waals surface area contributed by atoms with Crippen molar-refractivity contribution in [2.24, 2.45) is 5.73 Å². The fourth-order valence-electron chi connectivity index (χ4n) is 1.30. The van der Waals surface area contributed by atoms with E-state index in [1.54, 1.807) is 0 Å². The first-order valence-electron chi connectivity index (χ1n) is 5.15. The summed E-state index contributed by atoms with van der Waals surface area (Å²) in [5.74, 6) is 0. The predicted octanol–water partition coefficient (Wildman–Crippen LogP) is 1.16. The molecule has 0 bridgehead atoms. The van der Waals surface area contributed by atoms with Gasteiger partial charge >= 0.3 is 0 Å². The van der Waals surface area contributed by atoms with E-state index in [4.69, 9.17) is 10.5 Å². The van der Waals surface area contributed by atoms with Crippen molar-refractivity contribution in [2.75, 3.05) is 13.2 Å². The average Bonchev–Trinajstić information content (AvgIpc) is 2.65. The molecule has 1 rings (SSSR count). The minimum Gasteiger partial charge on any atom is -0.381 e. The first kappa shape index (κ1) is 11.2. The Morgan fingerprint density at radius 3 is 3.07 bits per heavy atom. The number of ether oxygens (including phenoxy) is 1. The van der Waals surface area contributed by atoms with Crippen LogP contribution in [0.25, 0.3) is 0 Å². The van der Waals surface area contributed by atoms with Crippen LogP contribution in [-0.4, -0.2) is 22.8 Å². The third-order valence-corrected chi connectivity index (χ3v) is 2.04. The second-order valence-electron chi connectivity index (χ2n) is 3.25. The lowest BCUT2D eigenvalue weighted by molar-refractivity contribution is 0.129. The molecule has 0 amide bonds. The van der Waals surface area contributed by atoms with Gasteiger partial charge in [0, 0.05) is 32.5 Å². The molecule has 0 saturated heterocycles. The first-order valence-corrected chi connectivity index (χ1v) is 5.15. The zero-order chi connectivity index (χ0) is 10.2. The molecule has 4 nitrogen and oxygen atoms in total. The van der Waals surface area contributed by atoms with Crippen LogP contribution in [0, 0.1) is 0 Å². The molecule has 1 aromatic heterocycles. The van der Waals surface area contributed by atoms with Crippen LogP contribution in [0.3, 0.4) is 0 Å². The molecule has 0 radical (unpaired) electrons. The fraction of sp³-hybridized carbons (Fsp3) is 0.700. The van der Waals surface area contributed by atoms with E-state index in [1.165, 1.54) is 0 Å². The Bertz CT molecular complexity index is 247. The van der Waals surface area contributed by atoms with Gasteiger partial charge in [0.2, 0.25) is 0 Å². The monoisotopic (exact) mass is 197 g/mol. The zero-order valence-electron chi connectivity index (χ0n) is 8.78. The molecule has 0 aromatic carbocycles. The van der Waals surface area contributed by atoms with Crippen molar-refractivity contribution in [3.8, 4) is 0 Å². The second kappa shape index (κ2) is 6.56. The quantitative estimate of drug-likeness (QED) is 0.667. The standard InChI is InChI=1S/C10H19N3O/c1-2-5-14-6-3-4-13-9-12-8-10(13)7-11/h8-9H,2-7,11H2,1H3. The van der Waals surface area contributed by atoms with Gasteiger partial charge in [0.1, 0.15) is 0 Å². The summed E-state index contributed by atoms with van der Waals surface area (Å²) >= 11 is 0. The third kappa shape index (κ3) is 3.47. The van der Waals surface area contributed by atoms with Gasteiger partial charge in [0.25, 0.3) is 0 Å². The maximum Gasteiger partial charge on any atom is 0.0948 e. The highest BCUT2D eigenvalue weighted by Gasteiger charge is 1.98. The minimum atomic E-state index is 0.551. The van der Waals surface area contributed by atoms with Crippen LogP contribution < -0.4 is 5.73 Å². The van der Waals surface area contributed by atoms with Crippen LogP contribution in [0.5, 0.6) is 0 Å². The number of nitrogens with zero attached hydrogens (tertiary/aromatic N) is 2. The summed E-state index contributed by atoms with van der Waals surface area (Å²) in [6.07, 6.45) is 5.73. The van der Waals surface area contributed by atoms with Crippen molar-refractivity contribution < 1.29 is 4.74 Å². The topological polar surface area (TPSA) is 53.1 Å². The third-order valence-electron chi connectivity index (χ3n) is 2.04. The molecule has 0 saturated carbocycles. The average molecular weight is 197 g/mol. The largest absolute Gasteiger partial charge is 0.381 e. The molecule has 0 aliphatic heterocycles. The maximum atomic E-state index is 5.55. The second-order valence-corrected chi connectivity index (χ2v) is 3.25. The lowest BCUT2D eigenvalue weighted by Gasteiger charge is -2.06. The highest BCUT2D eigenvalue weighted by Crippen LogP contribution is 1.99. The molecule has 14 heavy (non-hydrogen) atoms. The van der Waals surface area contributed by atoms with Crippen LogP contribution >= 0.6 is 0 Å². The summed E-state index contributed by atoms with van der Waals surface area (Å²) in [7, 11) is 0. The summed E-state index contributed by atoms with van der Waals surface area (Å²) < 4.78 is 7.47. The maximum absolute atomic E-state index is 5.55. The van der Waals surface area contributed by atoms with Crippen molar-refractivity contribution in [3.63, 3.8) is 0 Å². The van der Waals surface area contributed by atoms with E-state index in [9.17, 15) is 0 Å². The molecule has 4 heteroatoms. The molecule has 2 N–H and O–H groups in total. The van der Waals surface area contributed by atoms with Gasteiger partial charge in [-0.25, -0.2) is 4.98 Å². The van der Waals surface area contributed by atoms with E-state index in [0.717, 1.165) is 38.3 Å². The van der Waals surface area contributed by atoms with Crippen molar-refractivity contribution in [1.82, 2.24) is 9.55 Å². The van der Waals surface area contributed by atoms with E-state index in [2.05, 4.69) is 16.5 Å². The number of hydrogen-bond acceptors (Lipinski definition) is 3. The molecule has 1 aromatic rings. The van der Waals surface area contributed by atoms with Gasteiger partial charge in [0.15, 0.2) is 0 Å². The Kier molecular flexibility index (Phi) is 5.25. The van der Waals surface area contributed by atoms with Crippen LogP contribution in [-0.2, 0) is 17.8 Å². The van der Waals surface area contributed by atoms with Gasteiger partial charge in [0.05, 0.1) is 12.0 Å². The summed E-state index contributed by atoms with van der Waals surface area (Å²) in [5, 5.41) is 0. The highest BCUT2D eigenvalue weighted by molar-refractivity contribution is 4.96. The molecule has 0 fully saturated rings. The SMILES string of the molecule is CCCOCCCn1cncc1CN. The number of rotatable bonds is 7. The van der Waals surface area contributed by atoms with Gasteiger partial charge in [-0.3, -0.25) is 0 Å². The molecule has 1 heterocycles. The Labute approximate surface area is 85.1 Å². The smallest absolute Gasteiger partial charge is 0.0948 e. The molecule has 0 spiro atoms. The first-order chi connectivity index (χ1) is 6.88. The van der Waals surface area contributed by atoms with E-state index in [1.807, 2.05) is 12.5 Å². The van der Waals surface area contributed by atoms with E-state index >= 15 is 0 Å². The Balaban J connectivity index is 2.17. The van der Waals surface area contributed by atoms with Crippen LogP contribution in [0.2, 0.25) is 0 Å². The van der Waals surface area contributed by atoms with Gasteiger partial charge in [-0.05, 0) is 12.8 Å². The van der Waals surface area contributed by atoms with E-state index < -0.39 is 0 Å². The van der Waals surface area contributed by atoms with Gasteiger partial charge < -0.3 is 15.0 Å². The number of aryl methyl sites for hydroxylation is 1. The van der Waals surface area contributed by atoms with E-state index in [-0.39, 0.29) is 0 Å². The van der Waals surface area contributed by atoms with Gasteiger partial charge in [-0.1, -0.05) is 6.92 Å².